The fraction of sp³-hybridized carbons (Fsp3) is 1.00. The third kappa shape index (κ3) is 72.1. The molecule has 0 saturated heterocycles. The first-order chi connectivity index (χ1) is 14.2. The molecule has 0 N–H and O–H groups in total. The molecule has 4 nitrogen and oxygen atoms in total. The van der Waals surface area contributed by atoms with E-state index in [0.29, 0.717) is 51.4 Å². The Hall–Kier alpha value is 3.54. The van der Waals surface area contributed by atoms with Crippen LogP contribution in [-0.4, -0.2) is 52.6 Å². The molecule has 200 valence electrons. The first kappa shape index (κ1) is 46.4. The van der Waals surface area contributed by atoms with Crippen molar-refractivity contribution in [3.63, 3.8) is 0 Å². The zero-order chi connectivity index (χ0) is 26.5. The maximum atomic E-state index is 9.80. The molecule has 0 unspecified atom stereocenters. The van der Waals surface area contributed by atoms with Gasteiger partial charge in [-0.15, -0.1) is 26.4 Å². The van der Waals surface area contributed by atoms with Gasteiger partial charge in [-0.25, -0.2) is 0 Å². The quantitative estimate of drug-likeness (QED) is 0.240. The summed E-state index contributed by atoms with van der Waals surface area (Å²) in [5.74, 6) is 0. The summed E-state index contributed by atoms with van der Waals surface area (Å²) >= 11 is 63.6. The number of alkyl halides is 12. The van der Waals surface area contributed by atoms with Crippen molar-refractivity contribution in [1.29, 1.82) is 0 Å². The molecule has 0 aliphatic rings. The van der Waals surface area contributed by atoms with Crippen molar-refractivity contribution in [2.75, 3.05) is 26.4 Å². The van der Waals surface area contributed by atoms with Crippen molar-refractivity contribution in [2.24, 2.45) is 0 Å². The fourth-order valence-electron chi connectivity index (χ4n) is 1.09. The Bertz CT molecular complexity index is 314. The molecule has 0 aliphatic carbocycles. The van der Waals surface area contributed by atoms with Gasteiger partial charge in [0, 0.05) is 0 Å². The summed E-state index contributed by atoms with van der Waals surface area (Å²) < 4.78 is -4.93. The summed E-state index contributed by atoms with van der Waals surface area (Å²) in [6, 6.07) is 0. The molecular formula is C16H24Cl12O4Si. The van der Waals surface area contributed by atoms with Gasteiger partial charge >= 0.3 is 11.0 Å². The van der Waals surface area contributed by atoms with Crippen molar-refractivity contribution in [2.45, 2.75) is 66.5 Å². The Labute approximate surface area is 261 Å². The van der Waals surface area contributed by atoms with Crippen LogP contribution in [0.15, 0.2) is 0 Å². The maximum absolute atomic E-state index is 9.80. The third-order valence-electron chi connectivity index (χ3n) is 2.42. The largest absolute Gasteiger partial charge is 4.00 e. The molecule has 0 amide bonds. The van der Waals surface area contributed by atoms with Gasteiger partial charge in [-0.1, -0.05) is 165 Å². The minimum Gasteiger partial charge on any atom is -0.854 e. The van der Waals surface area contributed by atoms with E-state index in [9.17, 15) is 20.4 Å². The van der Waals surface area contributed by atoms with Crippen LogP contribution in [0.2, 0.25) is 0 Å². The summed E-state index contributed by atoms with van der Waals surface area (Å²) in [6.07, 6.45) is 3.10. The molecule has 0 aromatic heterocycles. The smallest absolute Gasteiger partial charge is 0.854 e. The molecule has 0 aliphatic heterocycles. The topological polar surface area (TPSA) is 92.2 Å². The summed E-state index contributed by atoms with van der Waals surface area (Å²) in [5, 5.41) is 39.2. The van der Waals surface area contributed by atoms with E-state index in [1.165, 1.54) is 0 Å². The first-order valence-electron chi connectivity index (χ1n) is 8.84. The van der Waals surface area contributed by atoms with Crippen LogP contribution in [0.25, 0.3) is 0 Å². The van der Waals surface area contributed by atoms with Gasteiger partial charge in [-0.2, -0.15) is 0 Å². The monoisotopic (exact) mass is 728 g/mol. The summed E-state index contributed by atoms with van der Waals surface area (Å²) in [4.78, 5) is 0. The van der Waals surface area contributed by atoms with Crippen molar-refractivity contribution in [3.8, 4) is 0 Å². The van der Waals surface area contributed by atoms with Crippen LogP contribution in [0, 0.1) is 0 Å². The van der Waals surface area contributed by atoms with Crippen LogP contribution in [0.1, 0.15) is 51.4 Å². The number of hydrogen-bond acceptors (Lipinski definition) is 4. The van der Waals surface area contributed by atoms with Crippen LogP contribution < -0.4 is 20.4 Å². The Morgan fingerprint density at radius 3 is 0.485 bits per heavy atom. The van der Waals surface area contributed by atoms with Crippen molar-refractivity contribution >= 4 is 150 Å². The molecule has 0 heterocycles. The molecular weight excluding hydrogens is 710 g/mol. The second-order valence-corrected chi connectivity index (χ2v) is 15.8. The van der Waals surface area contributed by atoms with Crippen LogP contribution >= 0.6 is 139 Å². The second kappa shape index (κ2) is 27.1. The molecule has 17 heteroatoms. The standard InChI is InChI=1S/4C4H6Cl3O.Si/c4*5-4(6,7)2-1-3-8;/h4*1-3H2;/q4*-1;+4. The zero-order valence-electron chi connectivity index (χ0n) is 17.2. The normalized spacial score (nSPS) is 11.6. The maximum Gasteiger partial charge on any atom is 4.00 e. The molecule has 0 saturated carbocycles. The number of hydrogen-bond donors (Lipinski definition) is 0. The van der Waals surface area contributed by atoms with Crippen LogP contribution in [0.5, 0.6) is 0 Å². The number of rotatable bonds is 8. The van der Waals surface area contributed by atoms with Gasteiger partial charge in [-0.3, -0.25) is 0 Å². The van der Waals surface area contributed by atoms with E-state index in [4.69, 9.17) is 139 Å². The fourth-order valence-corrected chi connectivity index (χ4v) is 2.69. The summed E-state index contributed by atoms with van der Waals surface area (Å²) in [6.45, 7) is -0.691. The molecule has 0 fully saturated rings. The average molecular weight is 734 g/mol. The van der Waals surface area contributed by atoms with Gasteiger partial charge < -0.3 is 20.4 Å². The molecule has 0 radical (unpaired) electrons. The predicted octanol–water partition coefficient (Wildman–Crippen LogP) is 5.61. The van der Waals surface area contributed by atoms with Crippen LogP contribution in [-0.2, 0) is 0 Å². The third-order valence-corrected chi connectivity index (χ3v) is 4.69. The molecule has 33 heavy (non-hydrogen) atoms. The van der Waals surface area contributed by atoms with Gasteiger partial charge in [0.05, 0.1) is 0 Å². The van der Waals surface area contributed by atoms with E-state index >= 15 is 0 Å². The predicted molar refractivity (Wildman–Crippen MR) is 143 cm³/mol. The van der Waals surface area contributed by atoms with Crippen molar-refractivity contribution < 1.29 is 20.4 Å². The zero-order valence-corrected chi connectivity index (χ0v) is 27.2. The van der Waals surface area contributed by atoms with E-state index < -0.39 is 15.2 Å². The van der Waals surface area contributed by atoms with Crippen LogP contribution in [0.3, 0.4) is 0 Å². The first-order valence-corrected chi connectivity index (χ1v) is 13.4. The van der Waals surface area contributed by atoms with Gasteiger partial charge in [0.1, 0.15) is 0 Å². The second-order valence-electron chi connectivity index (χ2n) is 5.69. The average Bonchev–Trinajstić information content (AvgIpc) is 2.60. The Kier molecular flexibility index (Phi) is 38.1. The summed E-state index contributed by atoms with van der Waals surface area (Å²) in [5.41, 5.74) is 0. The van der Waals surface area contributed by atoms with E-state index in [0.717, 1.165) is 0 Å². The SMILES string of the molecule is [O-]CCCC(Cl)(Cl)Cl.[O-]CCCC(Cl)(Cl)Cl.[O-]CCCC(Cl)(Cl)Cl.[O-]CCCC(Cl)(Cl)Cl.[Si+4]. The van der Waals surface area contributed by atoms with E-state index in [2.05, 4.69) is 0 Å². The minimum atomic E-state index is -1.23. The Morgan fingerprint density at radius 2 is 0.455 bits per heavy atom. The summed E-state index contributed by atoms with van der Waals surface area (Å²) in [7, 11) is 0. The van der Waals surface area contributed by atoms with Crippen LogP contribution in [0.4, 0.5) is 0 Å². The van der Waals surface area contributed by atoms with Gasteiger partial charge in [0.15, 0.2) is 15.2 Å². The Balaban J connectivity index is -0.000000105. The minimum absolute atomic E-state index is 0. The van der Waals surface area contributed by atoms with E-state index in [1.807, 2.05) is 0 Å². The van der Waals surface area contributed by atoms with Gasteiger partial charge in [-0.05, 0) is 25.7 Å². The Morgan fingerprint density at radius 1 is 0.333 bits per heavy atom. The molecule has 0 aromatic carbocycles. The molecule has 0 atom stereocenters. The molecule has 0 bridgehead atoms. The molecule has 0 aromatic rings. The van der Waals surface area contributed by atoms with Crippen molar-refractivity contribution in [1.82, 2.24) is 0 Å². The molecule has 0 rings (SSSR count). The van der Waals surface area contributed by atoms with E-state index in [1.54, 1.807) is 0 Å². The van der Waals surface area contributed by atoms with Gasteiger partial charge in [0.25, 0.3) is 0 Å². The number of halogens is 12. The molecule has 0 spiro atoms. The van der Waals surface area contributed by atoms with E-state index in [-0.39, 0.29) is 37.4 Å². The van der Waals surface area contributed by atoms with Gasteiger partial charge in [0.2, 0.25) is 0 Å². The van der Waals surface area contributed by atoms with Crippen molar-refractivity contribution in [3.05, 3.63) is 0 Å².